The number of thiazole rings is 1. The Kier molecular flexibility index (Phi) is 10.5. The number of benzene rings is 1. The van der Waals surface area contributed by atoms with Gasteiger partial charge in [-0.15, -0.1) is 11.3 Å². The van der Waals surface area contributed by atoms with Crippen LogP contribution in [0, 0.1) is 10.1 Å². The third kappa shape index (κ3) is 9.54. The van der Waals surface area contributed by atoms with Crippen LogP contribution in [0.3, 0.4) is 0 Å². The van der Waals surface area contributed by atoms with Gasteiger partial charge in [0, 0.05) is 35.9 Å². The number of nitro groups is 1. The summed E-state index contributed by atoms with van der Waals surface area (Å²) in [4.78, 5) is 60.2. The molecule has 1 aromatic heterocycles. The largest absolute Gasteiger partial charge is 0.481 e. The number of aromatic nitrogens is 1. The molecule has 1 aromatic carbocycles. The van der Waals surface area contributed by atoms with Crippen LogP contribution in [0.4, 0.5) is 15.6 Å². The summed E-state index contributed by atoms with van der Waals surface area (Å²) < 4.78 is 0. The molecule has 0 aliphatic heterocycles. The Morgan fingerprint density at radius 2 is 1.75 bits per heavy atom. The second kappa shape index (κ2) is 13.6. The van der Waals surface area contributed by atoms with E-state index in [1.807, 2.05) is 0 Å². The van der Waals surface area contributed by atoms with Crippen LogP contribution in [0.5, 0.6) is 0 Å². The summed E-state index contributed by atoms with van der Waals surface area (Å²) in [5.74, 6) is -3.56. The Morgan fingerprint density at radius 1 is 1.03 bits per heavy atom. The summed E-state index contributed by atoms with van der Waals surface area (Å²) in [6.45, 7) is 0. The van der Waals surface area contributed by atoms with Crippen molar-refractivity contribution in [2.75, 3.05) is 5.32 Å². The van der Waals surface area contributed by atoms with E-state index in [1.54, 1.807) is 11.4 Å². The van der Waals surface area contributed by atoms with Crippen molar-refractivity contribution in [1.82, 2.24) is 15.6 Å². The zero-order chi connectivity index (χ0) is 26.7. The zero-order valence-electron chi connectivity index (χ0n) is 18.9. The summed E-state index contributed by atoms with van der Waals surface area (Å²) in [6, 6.07) is 3.63. The number of nitrogens with zero attached hydrogens (tertiary/aromatic N) is 2. The number of nitro benzene ring substituents is 1. The quantitative estimate of drug-likeness (QED) is 0.0861. The minimum absolute atomic E-state index is 0.0661. The molecule has 6 N–H and O–H groups in total. The lowest BCUT2D eigenvalue weighted by molar-refractivity contribution is -0.384. The van der Waals surface area contributed by atoms with E-state index in [4.69, 9.17) is 10.2 Å². The minimum Gasteiger partial charge on any atom is -0.481 e. The fraction of sp³-hybridized carbons (Fsp3) is 0.381. The molecule has 0 spiro atoms. The normalized spacial score (nSPS) is 12.2. The van der Waals surface area contributed by atoms with Gasteiger partial charge in [-0.3, -0.25) is 19.7 Å². The van der Waals surface area contributed by atoms with E-state index in [1.165, 1.54) is 29.5 Å². The van der Waals surface area contributed by atoms with Crippen molar-refractivity contribution < 1.29 is 39.4 Å². The van der Waals surface area contributed by atoms with Gasteiger partial charge in [0.2, 0.25) is 0 Å². The van der Waals surface area contributed by atoms with Crippen LogP contribution >= 0.6 is 11.3 Å². The van der Waals surface area contributed by atoms with E-state index in [2.05, 4.69) is 20.9 Å². The molecule has 2 amide bonds. The number of carboxylic acids is 3. The highest BCUT2D eigenvalue weighted by atomic mass is 32.1. The van der Waals surface area contributed by atoms with Crippen molar-refractivity contribution in [3.05, 3.63) is 39.8 Å². The Bertz CT molecular complexity index is 1110. The number of aliphatic carboxylic acids is 3. The topological polar surface area (TPSA) is 221 Å². The molecule has 15 heteroatoms. The van der Waals surface area contributed by atoms with E-state index in [0.29, 0.717) is 29.2 Å². The first-order valence-corrected chi connectivity index (χ1v) is 11.6. The number of carbonyl (C=O) groups is 4. The summed E-state index contributed by atoms with van der Waals surface area (Å²) in [5, 5.41) is 47.6. The van der Waals surface area contributed by atoms with E-state index in [0.717, 1.165) is 0 Å². The van der Waals surface area contributed by atoms with Gasteiger partial charge in [-0.05, 0) is 25.7 Å². The molecule has 0 fully saturated rings. The predicted molar refractivity (Wildman–Crippen MR) is 128 cm³/mol. The maximum Gasteiger partial charge on any atom is 0.326 e. The number of unbranched alkanes of at least 4 members (excludes halogenated alkanes) is 1. The summed E-state index contributed by atoms with van der Waals surface area (Å²) >= 11 is 1.17. The molecule has 0 bridgehead atoms. The number of nitrogens with one attached hydrogen (secondary N) is 3. The SMILES string of the molecule is O=C(O)CCCCC(NC(=O)N[C@@H](CCC(=O)O)C(=O)O)Nc1nc(-c2cccc([N+](=O)[O-])c2)cs1. The van der Waals surface area contributed by atoms with Crippen molar-refractivity contribution in [2.24, 2.45) is 0 Å². The van der Waals surface area contributed by atoms with Gasteiger partial charge >= 0.3 is 23.9 Å². The average Bonchev–Trinajstić information content (AvgIpc) is 3.27. The van der Waals surface area contributed by atoms with Crippen molar-refractivity contribution in [3.8, 4) is 11.3 Å². The molecule has 0 aliphatic carbocycles. The fourth-order valence-corrected chi connectivity index (χ4v) is 3.86. The molecule has 0 saturated heterocycles. The van der Waals surface area contributed by atoms with Crippen LogP contribution < -0.4 is 16.0 Å². The molecule has 1 unspecified atom stereocenters. The molecule has 0 saturated carbocycles. The number of amides is 2. The van der Waals surface area contributed by atoms with Crippen molar-refractivity contribution in [3.63, 3.8) is 0 Å². The number of rotatable bonds is 15. The van der Waals surface area contributed by atoms with Crippen LogP contribution in [-0.4, -0.2) is 61.4 Å². The molecule has 194 valence electrons. The molecular formula is C21H25N5O9S. The van der Waals surface area contributed by atoms with Gasteiger partial charge in [0.25, 0.3) is 5.69 Å². The molecule has 36 heavy (non-hydrogen) atoms. The Hall–Kier alpha value is -4.27. The Balaban J connectivity index is 2.09. The molecule has 2 atom stereocenters. The second-order valence-corrected chi connectivity index (χ2v) is 8.48. The minimum atomic E-state index is -1.42. The van der Waals surface area contributed by atoms with E-state index >= 15 is 0 Å². The number of non-ortho nitro benzene ring substituents is 1. The number of hydrogen-bond donors (Lipinski definition) is 6. The van der Waals surface area contributed by atoms with Crippen LogP contribution in [0.15, 0.2) is 29.6 Å². The third-order valence-electron chi connectivity index (χ3n) is 4.84. The van der Waals surface area contributed by atoms with E-state index < -0.39 is 47.5 Å². The lowest BCUT2D eigenvalue weighted by Crippen LogP contribution is -2.51. The van der Waals surface area contributed by atoms with Gasteiger partial charge in [0.15, 0.2) is 5.13 Å². The molecule has 0 aliphatic rings. The lowest BCUT2D eigenvalue weighted by atomic mass is 10.1. The summed E-state index contributed by atoms with van der Waals surface area (Å²) in [6.07, 6.45) is -0.570. The summed E-state index contributed by atoms with van der Waals surface area (Å²) in [7, 11) is 0. The first kappa shape index (κ1) is 28.0. The number of carbonyl (C=O) groups excluding carboxylic acids is 1. The number of carboxylic acid groups (broad SMARTS) is 3. The van der Waals surface area contributed by atoms with E-state index in [9.17, 15) is 34.4 Å². The van der Waals surface area contributed by atoms with Gasteiger partial charge in [-0.2, -0.15) is 0 Å². The van der Waals surface area contributed by atoms with Gasteiger partial charge in [0.1, 0.15) is 12.2 Å². The lowest BCUT2D eigenvalue weighted by Gasteiger charge is -2.22. The highest BCUT2D eigenvalue weighted by Gasteiger charge is 2.23. The van der Waals surface area contributed by atoms with E-state index in [-0.39, 0.29) is 24.9 Å². The van der Waals surface area contributed by atoms with Crippen molar-refractivity contribution in [2.45, 2.75) is 50.7 Å². The fourth-order valence-electron chi connectivity index (χ4n) is 3.09. The van der Waals surface area contributed by atoms with Crippen LogP contribution in [0.25, 0.3) is 11.3 Å². The number of hydrogen-bond acceptors (Lipinski definition) is 9. The monoisotopic (exact) mass is 523 g/mol. The average molecular weight is 524 g/mol. The van der Waals surface area contributed by atoms with Crippen LogP contribution in [-0.2, 0) is 14.4 Å². The van der Waals surface area contributed by atoms with Crippen LogP contribution in [0.2, 0.25) is 0 Å². The molecular weight excluding hydrogens is 498 g/mol. The predicted octanol–water partition coefficient (Wildman–Crippen LogP) is 2.72. The summed E-state index contributed by atoms with van der Waals surface area (Å²) in [5.41, 5.74) is 0.875. The Morgan fingerprint density at radius 3 is 2.39 bits per heavy atom. The second-order valence-electron chi connectivity index (χ2n) is 7.62. The molecule has 2 rings (SSSR count). The van der Waals surface area contributed by atoms with Gasteiger partial charge < -0.3 is 31.3 Å². The third-order valence-corrected chi connectivity index (χ3v) is 5.62. The maximum absolute atomic E-state index is 12.4. The van der Waals surface area contributed by atoms with Crippen molar-refractivity contribution >= 4 is 46.1 Å². The Labute approximate surface area is 208 Å². The molecule has 2 aromatic rings. The molecule has 0 radical (unpaired) electrons. The highest BCUT2D eigenvalue weighted by Crippen LogP contribution is 2.28. The molecule has 1 heterocycles. The zero-order valence-corrected chi connectivity index (χ0v) is 19.7. The molecule has 14 nitrogen and oxygen atoms in total. The standard InChI is InChI=1S/C21H25N5O9S/c27-17(28)7-2-1-6-16(24-20(33)22-14(19(31)32)8-9-18(29)30)25-21-23-15(11-36-21)12-4-3-5-13(10-12)26(34)35/h3-5,10-11,14,16H,1-2,6-9H2,(H,23,25)(H,27,28)(H,29,30)(H,31,32)(H2,22,24,33)/t14-,16?/m0/s1. The van der Waals surface area contributed by atoms with Crippen molar-refractivity contribution in [1.29, 1.82) is 0 Å². The first-order valence-electron chi connectivity index (χ1n) is 10.8. The smallest absolute Gasteiger partial charge is 0.326 e. The maximum atomic E-state index is 12.4. The van der Waals surface area contributed by atoms with Gasteiger partial charge in [-0.25, -0.2) is 14.6 Å². The van der Waals surface area contributed by atoms with Gasteiger partial charge in [0.05, 0.1) is 10.6 Å². The van der Waals surface area contributed by atoms with Crippen LogP contribution in [0.1, 0.15) is 38.5 Å². The first-order chi connectivity index (χ1) is 17.0. The highest BCUT2D eigenvalue weighted by molar-refractivity contribution is 7.14. The number of urea groups is 1. The number of anilines is 1. The van der Waals surface area contributed by atoms with Gasteiger partial charge in [-0.1, -0.05) is 12.1 Å².